The Morgan fingerprint density at radius 2 is 2.18 bits per heavy atom. The van der Waals surface area contributed by atoms with Crippen molar-refractivity contribution in [3.05, 3.63) is 19.1 Å². The summed E-state index contributed by atoms with van der Waals surface area (Å²) in [7, 11) is 2.52. The number of carbonyl (C=O) groups excluding carboxylic acids is 1. The molecule has 17 heavy (non-hydrogen) atoms. The fourth-order valence-electron chi connectivity index (χ4n) is 1.49. The van der Waals surface area contributed by atoms with Crippen LogP contribution in [0.5, 0.6) is 0 Å². The van der Waals surface area contributed by atoms with Crippen molar-refractivity contribution in [2.24, 2.45) is 5.92 Å². The normalized spacial score (nSPS) is 29.1. The molecular weight excluding hydrogens is 457 g/mol. The van der Waals surface area contributed by atoms with Gasteiger partial charge in [0.1, 0.15) is 0 Å². The molecule has 0 bridgehead atoms. The van der Waals surface area contributed by atoms with Crippen molar-refractivity contribution in [3.63, 3.8) is 0 Å². The third kappa shape index (κ3) is 2.99. The highest BCUT2D eigenvalue weighted by molar-refractivity contribution is 14.1. The van der Waals surface area contributed by atoms with Gasteiger partial charge in [0.15, 0.2) is 5.83 Å². The van der Waals surface area contributed by atoms with E-state index in [0.29, 0.717) is 3.58 Å². The lowest BCUT2D eigenvalue weighted by molar-refractivity contribution is -0.183. The van der Waals surface area contributed by atoms with E-state index in [1.165, 1.54) is 20.3 Å². The van der Waals surface area contributed by atoms with E-state index in [9.17, 15) is 14.3 Å². The van der Waals surface area contributed by atoms with Gasteiger partial charge in [-0.1, -0.05) is 6.08 Å². The molecule has 0 aromatic heterocycles. The SMILES string of the molecule is COC(=O)CC1C=C(I)C(F)=C(I)C1(O)OC. The zero-order valence-electron chi connectivity index (χ0n) is 9.17. The minimum Gasteiger partial charge on any atom is -0.469 e. The summed E-state index contributed by atoms with van der Waals surface area (Å²) in [6.07, 6.45) is 1.39. The molecule has 0 amide bonds. The Labute approximate surface area is 126 Å². The van der Waals surface area contributed by atoms with Gasteiger partial charge in [-0.3, -0.25) is 4.79 Å². The van der Waals surface area contributed by atoms with Crippen LogP contribution in [0.1, 0.15) is 6.42 Å². The summed E-state index contributed by atoms with van der Waals surface area (Å²) in [5.41, 5.74) is 0. The second-order valence-electron chi connectivity index (χ2n) is 3.43. The van der Waals surface area contributed by atoms with E-state index >= 15 is 0 Å². The van der Waals surface area contributed by atoms with Crippen LogP contribution in [-0.4, -0.2) is 31.1 Å². The minimum absolute atomic E-state index is 0.0402. The van der Waals surface area contributed by atoms with Gasteiger partial charge in [-0.15, -0.1) is 0 Å². The number of esters is 1. The van der Waals surface area contributed by atoms with Gasteiger partial charge < -0.3 is 14.6 Å². The minimum atomic E-state index is -1.81. The second-order valence-corrected chi connectivity index (χ2v) is 5.67. The van der Waals surface area contributed by atoms with Crippen LogP contribution in [0.25, 0.3) is 0 Å². The molecule has 1 aliphatic carbocycles. The van der Waals surface area contributed by atoms with Crippen LogP contribution in [0.4, 0.5) is 4.39 Å². The summed E-state index contributed by atoms with van der Waals surface area (Å²) in [5.74, 6) is -3.50. The van der Waals surface area contributed by atoms with Crippen molar-refractivity contribution in [2.45, 2.75) is 12.2 Å². The number of hydrogen-bond donors (Lipinski definition) is 1. The molecule has 0 fully saturated rings. The molecule has 0 aromatic carbocycles. The van der Waals surface area contributed by atoms with Crippen LogP contribution in [0.2, 0.25) is 0 Å². The molecule has 7 heteroatoms. The lowest BCUT2D eigenvalue weighted by atomic mass is 9.90. The van der Waals surface area contributed by atoms with Crippen molar-refractivity contribution < 1.29 is 23.8 Å². The Hall–Kier alpha value is 0.260. The molecule has 4 nitrogen and oxygen atoms in total. The fourth-order valence-corrected chi connectivity index (χ4v) is 3.62. The molecule has 2 unspecified atom stereocenters. The summed E-state index contributed by atoms with van der Waals surface area (Å²) in [6.45, 7) is 0. The molecule has 0 spiro atoms. The van der Waals surface area contributed by atoms with Gasteiger partial charge in [0.25, 0.3) is 0 Å². The van der Waals surface area contributed by atoms with E-state index in [1.807, 2.05) is 22.6 Å². The highest BCUT2D eigenvalue weighted by Gasteiger charge is 2.45. The van der Waals surface area contributed by atoms with E-state index < -0.39 is 23.5 Å². The maximum absolute atomic E-state index is 13.7. The zero-order chi connectivity index (χ0) is 13.2. The van der Waals surface area contributed by atoms with Gasteiger partial charge in [-0.25, -0.2) is 4.39 Å². The molecule has 96 valence electrons. The third-order valence-electron chi connectivity index (χ3n) is 2.49. The van der Waals surface area contributed by atoms with Crippen molar-refractivity contribution in [1.82, 2.24) is 0 Å². The van der Waals surface area contributed by atoms with Crippen molar-refractivity contribution in [1.29, 1.82) is 0 Å². The predicted octanol–water partition coefficient (Wildman–Crippen LogP) is 2.45. The molecular formula is C10H11FI2O4. The van der Waals surface area contributed by atoms with Crippen LogP contribution in [0.15, 0.2) is 19.1 Å². The number of halogens is 3. The maximum Gasteiger partial charge on any atom is 0.306 e. The number of ether oxygens (including phenoxy) is 2. The monoisotopic (exact) mass is 468 g/mol. The summed E-state index contributed by atoms with van der Waals surface area (Å²) >= 11 is 3.49. The van der Waals surface area contributed by atoms with Gasteiger partial charge >= 0.3 is 5.97 Å². The zero-order valence-corrected chi connectivity index (χ0v) is 13.5. The highest BCUT2D eigenvalue weighted by Crippen LogP contribution is 2.45. The largest absolute Gasteiger partial charge is 0.469 e. The Balaban J connectivity index is 3.10. The highest BCUT2D eigenvalue weighted by atomic mass is 127. The van der Waals surface area contributed by atoms with Crippen LogP contribution in [-0.2, 0) is 14.3 Å². The molecule has 0 saturated heterocycles. The standard InChI is InChI=1S/C10H11FI2O4/c1-16-7(14)4-5-3-6(12)8(11)9(13)10(5,15)17-2/h3,5,15H,4H2,1-2H3. The molecule has 2 atom stereocenters. The maximum atomic E-state index is 13.7. The summed E-state index contributed by atoms with van der Waals surface area (Å²) in [4.78, 5) is 11.2. The third-order valence-corrected chi connectivity index (χ3v) is 4.57. The Bertz CT molecular complexity index is 394. The Kier molecular flexibility index (Phi) is 5.35. The Morgan fingerprint density at radius 1 is 1.59 bits per heavy atom. The summed E-state index contributed by atoms with van der Waals surface area (Å²) in [6, 6.07) is 0. The molecule has 1 N–H and O–H groups in total. The number of rotatable bonds is 3. The van der Waals surface area contributed by atoms with E-state index in [2.05, 4.69) is 4.74 Å². The van der Waals surface area contributed by atoms with Crippen LogP contribution < -0.4 is 0 Å². The number of aliphatic hydroxyl groups is 1. The average molecular weight is 468 g/mol. The van der Waals surface area contributed by atoms with Gasteiger partial charge in [0.2, 0.25) is 5.79 Å². The lowest BCUT2D eigenvalue weighted by Crippen LogP contribution is -2.42. The molecule has 1 rings (SSSR count). The van der Waals surface area contributed by atoms with E-state index in [1.54, 1.807) is 22.6 Å². The average Bonchev–Trinajstić information content (AvgIpc) is 2.33. The van der Waals surface area contributed by atoms with Gasteiger partial charge in [0, 0.05) is 16.6 Å². The van der Waals surface area contributed by atoms with Crippen LogP contribution in [0.3, 0.4) is 0 Å². The molecule has 0 heterocycles. The second kappa shape index (κ2) is 5.93. The number of carbonyl (C=O) groups is 1. The molecule has 0 aromatic rings. The van der Waals surface area contributed by atoms with Gasteiger partial charge in [0.05, 0.1) is 17.1 Å². The van der Waals surface area contributed by atoms with Crippen molar-refractivity contribution >= 4 is 51.2 Å². The molecule has 1 aliphatic rings. The first-order valence-electron chi connectivity index (χ1n) is 4.64. The first-order valence-corrected chi connectivity index (χ1v) is 6.80. The van der Waals surface area contributed by atoms with E-state index in [-0.39, 0.29) is 10.0 Å². The number of allylic oxidation sites excluding steroid dienone is 2. The van der Waals surface area contributed by atoms with Crippen molar-refractivity contribution in [2.75, 3.05) is 14.2 Å². The predicted molar refractivity (Wildman–Crippen MR) is 76.3 cm³/mol. The first-order chi connectivity index (χ1) is 7.86. The summed E-state index contributed by atoms with van der Waals surface area (Å²) in [5, 5.41) is 10.3. The van der Waals surface area contributed by atoms with E-state index in [4.69, 9.17) is 4.74 Å². The van der Waals surface area contributed by atoms with Gasteiger partial charge in [-0.2, -0.15) is 0 Å². The van der Waals surface area contributed by atoms with E-state index in [0.717, 1.165) is 0 Å². The smallest absolute Gasteiger partial charge is 0.306 e. The van der Waals surface area contributed by atoms with Crippen LogP contribution >= 0.6 is 45.2 Å². The number of methoxy groups -OCH3 is 2. The Morgan fingerprint density at radius 3 is 2.65 bits per heavy atom. The quantitative estimate of drug-likeness (QED) is 0.393. The fraction of sp³-hybridized carbons (Fsp3) is 0.500. The summed E-state index contributed by atoms with van der Waals surface area (Å²) < 4.78 is 23.6. The molecule has 0 aliphatic heterocycles. The lowest BCUT2D eigenvalue weighted by Gasteiger charge is -2.35. The topological polar surface area (TPSA) is 55.8 Å². The molecule has 0 saturated carbocycles. The number of hydrogen-bond acceptors (Lipinski definition) is 4. The molecule has 0 radical (unpaired) electrons. The van der Waals surface area contributed by atoms with Gasteiger partial charge in [-0.05, 0) is 45.2 Å². The van der Waals surface area contributed by atoms with Crippen molar-refractivity contribution in [3.8, 4) is 0 Å². The van der Waals surface area contributed by atoms with Crippen LogP contribution in [0, 0.1) is 5.92 Å². The first kappa shape index (κ1) is 15.3.